The van der Waals surface area contributed by atoms with E-state index in [9.17, 15) is 19.0 Å². The number of aliphatic hydroxyl groups is 1. The second-order valence-corrected chi connectivity index (χ2v) is 16.9. The lowest BCUT2D eigenvalue weighted by Gasteiger charge is -2.24. The summed E-state index contributed by atoms with van der Waals surface area (Å²) in [6.45, 7) is 2.12. The van der Waals surface area contributed by atoms with Gasteiger partial charge in [-0.2, -0.15) is 0 Å². The lowest BCUT2D eigenvalue weighted by Crippen LogP contribution is -2.37. The zero-order valence-electron chi connectivity index (χ0n) is 38.0. The summed E-state index contributed by atoms with van der Waals surface area (Å²) in [4.78, 5) is 35.3. The van der Waals surface area contributed by atoms with Gasteiger partial charge in [-0.05, 0) is 96.3 Å². The fourth-order valence-electron chi connectivity index (χ4n) is 5.07. The lowest BCUT2D eigenvalue weighted by atomic mass is 10.2. The highest BCUT2D eigenvalue weighted by Crippen LogP contribution is 2.43. The summed E-state index contributed by atoms with van der Waals surface area (Å²) >= 11 is 0. The SMILES string of the molecule is CC/C=C\C/C=C\C/C=C\C/C=C\C/C=C\C/C=C\CCC(=O)OC[C@H](COP(=O)(O)OCC[N+](C)(C)C)OC(=O)CCC/C=C\C/C=C\C/C=C\C/C=C\CCCCCO. The number of carbonyl (C=O) groups excluding carboxylic acids is 2. The molecule has 344 valence electrons. The number of likely N-dealkylation sites (N-methyl/N-ethyl adjacent to an activating group) is 1. The number of nitrogens with zero attached hydrogens (tertiary/aromatic N) is 1. The Kier molecular flexibility index (Phi) is 39.2. The molecular weight excluding hydrogens is 790 g/mol. The van der Waals surface area contributed by atoms with E-state index in [1.807, 2.05) is 39.4 Å². The van der Waals surface area contributed by atoms with E-state index in [1.54, 1.807) is 0 Å². The number of allylic oxidation sites excluding steroid dienone is 20. The van der Waals surface area contributed by atoms with Crippen LogP contribution in [0.4, 0.5) is 0 Å². The summed E-state index contributed by atoms with van der Waals surface area (Å²) in [6, 6.07) is 0. The van der Waals surface area contributed by atoms with Crippen molar-refractivity contribution in [3.63, 3.8) is 0 Å². The molecule has 61 heavy (non-hydrogen) atoms. The van der Waals surface area contributed by atoms with Gasteiger partial charge in [-0.25, -0.2) is 4.57 Å². The second kappa shape index (κ2) is 41.7. The Bertz CT molecular complexity index is 1450. The molecule has 0 radical (unpaired) electrons. The Morgan fingerprint density at radius 2 is 0.984 bits per heavy atom. The van der Waals surface area contributed by atoms with Crippen molar-refractivity contribution in [3.8, 4) is 0 Å². The van der Waals surface area contributed by atoms with Gasteiger partial charge in [-0.1, -0.05) is 135 Å². The van der Waals surface area contributed by atoms with E-state index in [4.69, 9.17) is 23.6 Å². The molecule has 0 aromatic carbocycles. The minimum absolute atomic E-state index is 0.00228. The predicted molar refractivity (Wildman–Crippen MR) is 253 cm³/mol. The summed E-state index contributed by atoms with van der Waals surface area (Å²) < 4.78 is 34.1. The number of rotatable bonds is 39. The van der Waals surface area contributed by atoms with Crippen molar-refractivity contribution in [2.75, 3.05) is 54.1 Å². The zero-order valence-corrected chi connectivity index (χ0v) is 38.9. The molecule has 0 amide bonds. The number of carbonyl (C=O) groups is 2. The van der Waals surface area contributed by atoms with Crippen molar-refractivity contribution in [1.29, 1.82) is 0 Å². The topological polar surface area (TPSA) is 129 Å². The predicted octanol–water partition coefficient (Wildman–Crippen LogP) is 11.9. The monoisotopic (exact) mass is 871 g/mol. The molecule has 11 heteroatoms. The third kappa shape index (κ3) is 45.7. The minimum atomic E-state index is -4.42. The second-order valence-electron chi connectivity index (χ2n) is 15.4. The average Bonchev–Trinajstić information content (AvgIpc) is 3.21. The Morgan fingerprint density at radius 1 is 0.541 bits per heavy atom. The largest absolute Gasteiger partial charge is 0.472 e. The first kappa shape index (κ1) is 57.4. The van der Waals surface area contributed by atoms with E-state index in [1.165, 1.54) is 0 Å². The number of ether oxygens (including phenoxy) is 2. The van der Waals surface area contributed by atoms with Gasteiger partial charge in [0.25, 0.3) is 0 Å². The van der Waals surface area contributed by atoms with Gasteiger partial charge in [-0.3, -0.25) is 18.6 Å². The maximum absolute atomic E-state index is 12.7. The van der Waals surface area contributed by atoms with Crippen LogP contribution in [0.15, 0.2) is 122 Å². The maximum Gasteiger partial charge on any atom is 0.472 e. The summed E-state index contributed by atoms with van der Waals surface area (Å²) in [5.74, 6) is -0.991. The van der Waals surface area contributed by atoms with Crippen LogP contribution in [-0.2, 0) is 32.7 Å². The molecular formula is C50H81NO9P+. The molecule has 10 nitrogen and oxygen atoms in total. The highest BCUT2D eigenvalue weighted by molar-refractivity contribution is 7.47. The van der Waals surface area contributed by atoms with Crippen LogP contribution in [0.25, 0.3) is 0 Å². The van der Waals surface area contributed by atoms with Crippen molar-refractivity contribution < 1.29 is 47.2 Å². The molecule has 0 fully saturated rings. The van der Waals surface area contributed by atoms with Crippen LogP contribution in [0, 0.1) is 0 Å². The molecule has 0 heterocycles. The van der Waals surface area contributed by atoms with Crippen LogP contribution in [0.3, 0.4) is 0 Å². The number of phosphoric acid groups is 1. The molecule has 0 rings (SSSR count). The lowest BCUT2D eigenvalue weighted by molar-refractivity contribution is -0.870. The standard InChI is InChI=1S/C50H80NO9P/c1-5-6-7-8-9-10-11-12-13-14-15-17-20-23-26-29-32-35-38-41-49(53)57-46-48(47-59-61(55,56)58-45-43-51(2,3)4)60-50(54)42-39-36-33-30-27-24-21-18-16-19-22-25-28-31-34-37-40-44-52/h6-7,9-10,12-13,15-17,19,21,23-26,28,30,32-33,35,48,52H,5,8,11,14,18,20,22,27,29,31,34,36-47H2,1-4H3/p+1/b7-6-,10-9-,13-12-,17-15-,19-16-,24-21-,26-23-,28-25-,33-30-,35-32-/t48-/m1/s1. The Balaban J connectivity index is 4.59. The van der Waals surface area contributed by atoms with Crippen LogP contribution in [0.2, 0.25) is 0 Å². The quantitative estimate of drug-likeness (QED) is 0.0204. The van der Waals surface area contributed by atoms with Crippen LogP contribution < -0.4 is 0 Å². The van der Waals surface area contributed by atoms with Crippen LogP contribution >= 0.6 is 7.82 Å². The van der Waals surface area contributed by atoms with Crippen LogP contribution in [0.1, 0.15) is 122 Å². The van der Waals surface area contributed by atoms with Gasteiger partial charge in [0.2, 0.25) is 0 Å². The molecule has 0 aliphatic heterocycles. The third-order valence-electron chi connectivity index (χ3n) is 8.54. The Hall–Kier alpha value is -3.63. The number of phosphoric ester groups is 1. The fraction of sp³-hybridized carbons (Fsp3) is 0.560. The van der Waals surface area contributed by atoms with E-state index in [2.05, 4.69) is 110 Å². The maximum atomic E-state index is 12.7. The van der Waals surface area contributed by atoms with E-state index in [-0.39, 0.29) is 32.7 Å². The number of esters is 2. The molecule has 0 aliphatic carbocycles. The Labute approximate surface area is 370 Å². The van der Waals surface area contributed by atoms with E-state index in [0.717, 1.165) is 83.5 Å². The summed E-state index contributed by atoms with van der Waals surface area (Å²) in [7, 11) is 1.36. The summed E-state index contributed by atoms with van der Waals surface area (Å²) in [5, 5.41) is 8.81. The van der Waals surface area contributed by atoms with Gasteiger partial charge in [0.15, 0.2) is 6.10 Å². The normalized spacial score (nSPS) is 14.7. The van der Waals surface area contributed by atoms with Crippen molar-refractivity contribution in [2.24, 2.45) is 0 Å². The number of unbranched alkanes of at least 4 members (excludes halogenated alkanes) is 4. The molecule has 0 saturated carbocycles. The average molecular weight is 871 g/mol. The van der Waals surface area contributed by atoms with E-state index < -0.39 is 32.5 Å². The first-order valence-electron chi connectivity index (χ1n) is 22.4. The van der Waals surface area contributed by atoms with Crippen LogP contribution in [-0.4, -0.2) is 86.6 Å². The number of hydrogen-bond donors (Lipinski definition) is 2. The molecule has 0 saturated heterocycles. The van der Waals surface area contributed by atoms with Gasteiger partial charge in [-0.15, -0.1) is 0 Å². The first-order chi connectivity index (χ1) is 29.5. The first-order valence-corrected chi connectivity index (χ1v) is 23.9. The zero-order chi connectivity index (χ0) is 45.0. The molecule has 1 unspecified atom stereocenters. The van der Waals surface area contributed by atoms with Gasteiger partial charge in [0.05, 0.1) is 27.7 Å². The van der Waals surface area contributed by atoms with Gasteiger partial charge >= 0.3 is 19.8 Å². The third-order valence-corrected chi connectivity index (χ3v) is 9.53. The highest BCUT2D eigenvalue weighted by Gasteiger charge is 2.27. The summed E-state index contributed by atoms with van der Waals surface area (Å²) in [5.41, 5.74) is 0. The molecule has 0 aromatic heterocycles. The number of hydrogen-bond acceptors (Lipinski definition) is 8. The van der Waals surface area contributed by atoms with Crippen molar-refractivity contribution in [1.82, 2.24) is 0 Å². The molecule has 0 bridgehead atoms. The number of quaternary nitrogens is 1. The molecule has 0 spiro atoms. The van der Waals surface area contributed by atoms with E-state index >= 15 is 0 Å². The Morgan fingerprint density at radius 3 is 1.44 bits per heavy atom. The highest BCUT2D eigenvalue weighted by atomic mass is 31.2. The van der Waals surface area contributed by atoms with Crippen molar-refractivity contribution in [2.45, 2.75) is 129 Å². The molecule has 2 N–H and O–H groups in total. The van der Waals surface area contributed by atoms with Crippen LogP contribution in [0.5, 0.6) is 0 Å². The van der Waals surface area contributed by atoms with Gasteiger partial charge in [0.1, 0.15) is 19.8 Å². The molecule has 0 aromatic rings. The van der Waals surface area contributed by atoms with Gasteiger partial charge in [0, 0.05) is 19.4 Å². The summed E-state index contributed by atoms with van der Waals surface area (Å²) in [6.07, 6.45) is 55.7. The minimum Gasteiger partial charge on any atom is -0.462 e. The molecule has 2 atom stereocenters. The van der Waals surface area contributed by atoms with Crippen molar-refractivity contribution >= 4 is 19.8 Å². The molecule has 0 aliphatic rings. The van der Waals surface area contributed by atoms with Gasteiger partial charge < -0.3 is 24.0 Å². The fourth-order valence-corrected chi connectivity index (χ4v) is 5.81. The van der Waals surface area contributed by atoms with Crippen molar-refractivity contribution in [3.05, 3.63) is 122 Å². The smallest absolute Gasteiger partial charge is 0.462 e. The van der Waals surface area contributed by atoms with E-state index in [0.29, 0.717) is 30.3 Å². The number of aliphatic hydroxyl groups excluding tert-OH is 1.